The molecule has 0 bridgehead atoms. The molecule has 2 amide bonds. The lowest BCUT2D eigenvalue weighted by Crippen LogP contribution is -2.39. The van der Waals surface area contributed by atoms with E-state index in [1.807, 2.05) is 25.2 Å². The highest BCUT2D eigenvalue weighted by Crippen LogP contribution is 2.60. The molecule has 4 fully saturated rings. The normalized spacial score (nSPS) is 30.3. The Morgan fingerprint density at radius 1 is 1.21 bits per heavy atom. The second kappa shape index (κ2) is 10.6. The number of amides is 2. The Balaban J connectivity index is 1.11. The molecule has 0 spiro atoms. The smallest absolute Gasteiger partial charge is 0.235 e. The first kappa shape index (κ1) is 25.8. The Bertz CT molecular complexity index is 1300. The lowest BCUT2D eigenvalue weighted by Gasteiger charge is -2.29. The van der Waals surface area contributed by atoms with Gasteiger partial charge in [-0.05, 0) is 37.7 Å². The Morgan fingerprint density at radius 3 is 2.87 bits per heavy atom. The number of thioether (sulfide) groups is 1. The Hall–Kier alpha value is -2.41. The van der Waals surface area contributed by atoms with Crippen LogP contribution >= 0.6 is 11.8 Å². The van der Waals surface area contributed by atoms with Crippen LogP contribution in [0.5, 0.6) is 0 Å². The SMILES string of the molecule is Cn1nc(C2CCC(=O)NC2=O)c2cccc(C#CCO[C@@H]3CCN(CC4CCCCC4)CC4S[C@@]43F)c21. The molecule has 1 N–H and O–H groups in total. The number of halogens is 1. The van der Waals surface area contributed by atoms with E-state index < -0.39 is 17.0 Å². The Labute approximate surface area is 227 Å². The minimum Gasteiger partial charge on any atom is -0.361 e. The fourth-order valence-electron chi connectivity index (χ4n) is 6.50. The molecular formula is C29H35FN4O3S. The van der Waals surface area contributed by atoms with Gasteiger partial charge in [-0.15, -0.1) is 11.8 Å². The van der Waals surface area contributed by atoms with E-state index in [9.17, 15) is 9.59 Å². The van der Waals surface area contributed by atoms with Crippen molar-refractivity contribution in [3.63, 3.8) is 0 Å². The summed E-state index contributed by atoms with van der Waals surface area (Å²) in [5.74, 6) is 6.05. The summed E-state index contributed by atoms with van der Waals surface area (Å²) in [7, 11) is 1.83. The Morgan fingerprint density at radius 2 is 2.05 bits per heavy atom. The summed E-state index contributed by atoms with van der Waals surface area (Å²) in [4.78, 5) is 26.5. The fraction of sp³-hybridized carbons (Fsp3) is 0.621. The van der Waals surface area contributed by atoms with Gasteiger partial charge in [-0.2, -0.15) is 5.10 Å². The first-order valence-corrected chi connectivity index (χ1v) is 14.8. The van der Waals surface area contributed by atoms with E-state index in [1.54, 1.807) is 4.68 Å². The number of carbonyl (C=O) groups is 2. The van der Waals surface area contributed by atoms with Crippen molar-refractivity contribution in [1.29, 1.82) is 0 Å². The lowest BCUT2D eigenvalue weighted by atomic mass is 9.89. The maximum Gasteiger partial charge on any atom is 0.235 e. The van der Waals surface area contributed by atoms with Crippen molar-refractivity contribution in [3.8, 4) is 11.8 Å². The number of likely N-dealkylation sites (tertiary alicyclic amines) is 1. The zero-order valence-corrected chi connectivity index (χ0v) is 22.7. The van der Waals surface area contributed by atoms with Crippen LogP contribution in [0.1, 0.15) is 68.5 Å². The number of ether oxygens (including phenoxy) is 1. The molecule has 202 valence electrons. The predicted molar refractivity (Wildman–Crippen MR) is 145 cm³/mol. The average molecular weight is 539 g/mol. The molecule has 0 radical (unpaired) electrons. The maximum atomic E-state index is 15.6. The molecule has 3 aliphatic heterocycles. The lowest BCUT2D eigenvalue weighted by molar-refractivity contribution is -0.134. The van der Waals surface area contributed by atoms with Crippen molar-refractivity contribution in [1.82, 2.24) is 20.0 Å². The van der Waals surface area contributed by atoms with E-state index in [0.717, 1.165) is 42.0 Å². The van der Waals surface area contributed by atoms with Gasteiger partial charge in [0.1, 0.15) is 12.7 Å². The number of rotatable bonds is 5. The molecule has 38 heavy (non-hydrogen) atoms. The molecule has 6 rings (SSSR count). The third kappa shape index (κ3) is 5.11. The van der Waals surface area contributed by atoms with Crippen LogP contribution in [0.3, 0.4) is 0 Å². The van der Waals surface area contributed by atoms with Gasteiger partial charge in [0, 0.05) is 38.5 Å². The highest BCUT2D eigenvalue weighted by atomic mass is 32.2. The molecule has 1 aliphatic carbocycles. The highest BCUT2D eigenvalue weighted by molar-refractivity contribution is 8.08. The number of carbonyl (C=O) groups excluding carboxylic acids is 2. The van der Waals surface area contributed by atoms with Gasteiger partial charge in [0.25, 0.3) is 0 Å². The summed E-state index contributed by atoms with van der Waals surface area (Å²) in [6, 6.07) is 5.76. The van der Waals surface area contributed by atoms with Crippen molar-refractivity contribution in [2.24, 2.45) is 13.0 Å². The average Bonchev–Trinajstić information content (AvgIpc) is 3.46. The first-order valence-electron chi connectivity index (χ1n) is 13.9. The maximum absolute atomic E-state index is 15.6. The number of piperidine rings is 1. The van der Waals surface area contributed by atoms with Crippen molar-refractivity contribution in [2.75, 3.05) is 26.2 Å². The molecule has 4 atom stereocenters. The van der Waals surface area contributed by atoms with Crippen LogP contribution in [0, 0.1) is 17.8 Å². The molecule has 9 heteroatoms. The highest BCUT2D eigenvalue weighted by Gasteiger charge is 2.64. The number of fused-ring (bicyclic) bond motifs is 2. The van der Waals surface area contributed by atoms with Crippen LogP contribution < -0.4 is 5.32 Å². The monoisotopic (exact) mass is 538 g/mol. The molecule has 1 aromatic heterocycles. The third-order valence-corrected chi connectivity index (χ3v) is 9.99. The number of hydrogen-bond donors (Lipinski definition) is 1. The molecule has 2 aromatic rings. The van der Waals surface area contributed by atoms with Crippen LogP contribution in [0.25, 0.3) is 10.9 Å². The quantitative estimate of drug-likeness (QED) is 0.354. The van der Waals surface area contributed by atoms with E-state index in [1.165, 1.54) is 43.9 Å². The van der Waals surface area contributed by atoms with Crippen LogP contribution in [0.15, 0.2) is 18.2 Å². The Kier molecular flexibility index (Phi) is 7.23. The van der Waals surface area contributed by atoms with Crippen molar-refractivity contribution in [3.05, 3.63) is 29.5 Å². The van der Waals surface area contributed by atoms with Gasteiger partial charge in [-0.1, -0.05) is 43.2 Å². The van der Waals surface area contributed by atoms with Gasteiger partial charge < -0.3 is 9.64 Å². The number of nitrogens with one attached hydrogen (secondary N) is 1. The summed E-state index contributed by atoms with van der Waals surface area (Å²) < 4.78 is 23.4. The molecule has 4 heterocycles. The molecule has 1 aromatic carbocycles. The van der Waals surface area contributed by atoms with Crippen molar-refractivity contribution < 1.29 is 18.7 Å². The van der Waals surface area contributed by atoms with E-state index >= 15 is 4.39 Å². The minimum absolute atomic E-state index is 0.000410. The van der Waals surface area contributed by atoms with Gasteiger partial charge in [-0.25, -0.2) is 4.39 Å². The van der Waals surface area contributed by atoms with E-state index in [-0.39, 0.29) is 23.7 Å². The topological polar surface area (TPSA) is 76.5 Å². The van der Waals surface area contributed by atoms with Crippen LogP contribution in [0.2, 0.25) is 0 Å². The van der Waals surface area contributed by atoms with E-state index in [0.29, 0.717) is 25.0 Å². The van der Waals surface area contributed by atoms with Crippen LogP contribution in [0.4, 0.5) is 4.39 Å². The van der Waals surface area contributed by atoms with Gasteiger partial charge in [-0.3, -0.25) is 19.6 Å². The summed E-state index contributed by atoms with van der Waals surface area (Å²) in [5.41, 5.74) is 2.29. The molecule has 3 saturated heterocycles. The summed E-state index contributed by atoms with van der Waals surface area (Å²) in [6.45, 7) is 2.96. The van der Waals surface area contributed by atoms with Gasteiger partial charge in [0.05, 0.1) is 27.9 Å². The molecular weight excluding hydrogens is 503 g/mol. The number of aromatic nitrogens is 2. The fourth-order valence-corrected chi connectivity index (χ4v) is 7.72. The molecule has 7 nitrogen and oxygen atoms in total. The van der Waals surface area contributed by atoms with Gasteiger partial charge in [0.15, 0.2) is 5.00 Å². The number of imide groups is 1. The summed E-state index contributed by atoms with van der Waals surface area (Å²) in [6.07, 6.45) is 7.65. The van der Waals surface area contributed by atoms with Crippen molar-refractivity contribution >= 4 is 34.5 Å². The van der Waals surface area contributed by atoms with E-state index in [4.69, 9.17) is 4.74 Å². The standard InChI is InChI=1S/C29H35FN4O3S/c1-33-27-20(9-5-11-21(27)26(32-33)22-12-13-25(35)31-28(22)36)10-6-16-37-23-14-15-34(18-24-29(23,30)38-24)17-19-7-3-2-4-8-19/h5,9,11,19,22-24H,2-4,7-8,12-18H2,1H3,(H,31,35,36)/t22?,23-,24?,29-/m1/s1. The number of aryl methyl sites for hydroxylation is 1. The largest absolute Gasteiger partial charge is 0.361 e. The summed E-state index contributed by atoms with van der Waals surface area (Å²) in [5, 5.41) is 6.61. The van der Waals surface area contributed by atoms with Gasteiger partial charge >= 0.3 is 0 Å². The number of alkyl halides is 1. The first-order chi connectivity index (χ1) is 18.4. The van der Waals surface area contributed by atoms with Gasteiger partial charge in [0.2, 0.25) is 11.8 Å². The van der Waals surface area contributed by atoms with Crippen molar-refractivity contribution in [2.45, 2.75) is 73.6 Å². The molecule has 2 unspecified atom stereocenters. The number of benzene rings is 1. The second-order valence-electron chi connectivity index (χ2n) is 11.2. The number of hydrogen-bond acceptors (Lipinski definition) is 6. The third-order valence-electron chi connectivity index (χ3n) is 8.56. The molecule has 4 aliphatic rings. The second-order valence-corrected chi connectivity index (χ2v) is 12.6. The zero-order chi connectivity index (χ0) is 26.3. The zero-order valence-electron chi connectivity index (χ0n) is 21.9. The predicted octanol–water partition coefficient (Wildman–Crippen LogP) is 3.90. The van der Waals surface area contributed by atoms with E-state index in [2.05, 4.69) is 27.2 Å². The minimum atomic E-state index is -1.29. The number of para-hydroxylation sites is 1. The van der Waals surface area contributed by atoms with Crippen LogP contribution in [-0.2, 0) is 21.4 Å². The number of nitrogens with zero attached hydrogens (tertiary/aromatic N) is 3. The summed E-state index contributed by atoms with van der Waals surface area (Å²) >= 11 is 1.42. The van der Waals surface area contributed by atoms with Crippen LogP contribution in [-0.4, -0.2) is 69.1 Å². The molecule has 1 saturated carbocycles.